The van der Waals surface area contributed by atoms with Gasteiger partial charge in [-0.1, -0.05) is 28.1 Å². The number of sulfonamides is 1. The first kappa shape index (κ1) is 15.9. The molecule has 1 aliphatic rings. The first-order valence-electron chi connectivity index (χ1n) is 6.82. The van der Waals surface area contributed by atoms with Crippen molar-refractivity contribution in [2.45, 2.75) is 25.3 Å². The molecule has 1 saturated heterocycles. The van der Waals surface area contributed by atoms with Gasteiger partial charge in [-0.25, -0.2) is 12.7 Å². The molecule has 2 atom stereocenters. The maximum absolute atomic E-state index is 11.6. The Morgan fingerprint density at radius 2 is 2.25 bits per heavy atom. The molecule has 1 aromatic carbocycles. The highest BCUT2D eigenvalue weighted by Crippen LogP contribution is 2.28. The van der Waals surface area contributed by atoms with Crippen LogP contribution in [0.25, 0.3) is 0 Å². The first-order valence-corrected chi connectivity index (χ1v) is 9.46. The van der Waals surface area contributed by atoms with Crippen LogP contribution in [0.5, 0.6) is 0 Å². The molecule has 0 bridgehead atoms. The number of halogens is 1. The minimum absolute atomic E-state index is 0.0444. The van der Waals surface area contributed by atoms with Crippen molar-refractivity contribution < 1.29 is 8.42 Å². The van der Waals surface area contributed by atoms with Gasteiger partial charge in [0.15, 0.2) is 0 Å². The van der Waals surface area contributed by atoms with Crippen molar-refractivity contribution in [3.63, 3.8) is 0 Å². The molecule has 1 heterocycles. The Kier molecular flexibility index (Phi) is 5.23. The standard InChI is InChI=1S/C14H21BrN2O2S/c1-20(18,19)17-7-3-4-11(10-17)8-14(16)12-5-2-6-13(15)9-12/h2,5-6,9,11,14H,3-4,7-8,10,16H2,1H3. The van der Waals surface area contributed by atoms with Crippen molar-refractivity contribution in [1.29, 1.82) is 0 Å². The molecule has 0 saturated carbocycles. The second-order valence-corrected chi connectivity index (χ2v) is 8.42. The van der Waals surface area contributed by atoms with Gasteiger partial charge >= 0.3 is 0 Å². The summed E-state index contributed by atoms with van der Waals surface area (Å²) in [6.45, 7) is 1.24. The van der Waals surface area contributed by atoms with E-state index < -0.39 is 10.0 Å². The molecule has 0 spiro atoms. The Hall–Kier alpha value is -0.430. The van der Waals surface area contributed by atoms with E-state index in [1.807, 2.05) is 24.3 Å². The zero-order chi connectivity index (χ0) is 14.8. The minimum Gasteiger partial charge on any atom is -0.324 e. The molecular formula is C14H21BrN2O2S. The summed E-state index contributed by atoms with van der Waals surface area (Å²) in [6, 6.07) is 7.96. The highest BCUT2D eigenvalue weighted by atomic mass is 79.9. The largest absolute Gasteiger partial charge is 0.324 e. The van der Waals surface area contributed by atoms with E-state index in [9.17, 15) is 8.42 Å². The minimum atomic E-state index is -3.08. The molecule has 0 radical (unpaired) electrons. The van der Waals surface area contributed by atoms with Gasteiger partial charge in [-0.2, -0.15) is 0 Å². The molecule has 1 aliphatic heterocycles. The molecule has 2 unspecified atom stereocenters. The van der Waals surface area contributed by atoms with E-state index >= 15 is 0 Å². The lowest BCUT2D eigenvalue weighted by atomic mass is 9.90. The fraction of sp³-hybridized carbons (Fsp3) is 0.571. The molecule has 0 amide bonds. The Bertz CT molecular complexity index is 562. The summed E-state index contributed by atoms with van der Waals surface area (Å²) < 4.78 is 25.8. The van der Waals surface area contributed by atoms with Crippen LogP contribution in [-0.4, -0.2) is 32.1 Å². The Morgan fingerprint density at radius 3 is 2.90 bits per heavy atom. The Morgan fingerprint density at radius 1 is 1.50 bits per heavy atom. The van der Waals surface area contributed by atoms with Gasteiger partial charge in [0.2, 0.25) is 10.0 Å². The number of hydrogen-bond donors (Lipinski definition) is 1. The van der Waals surface area contributed by atoms with E-state index in [4.69, 9.17) is 5.73 Å². The summed E-state index contributed by atoms with van der Waals surface area (Å²) in [5.74, 6) is 0.340. The molecule has 4 nitrogen and oxygen atoms in total. The van der Waals surface area contributed by atoms with Crippen molar-refractivity contribution >= 4 is 26.0 Å². The van der Waals surface area contributed by atoms with Gasteiger partial charge in [0.25, 0.3) is 0 Å². The number of hydrogen-bond acceptors (Lipinski definition) is 3. The average Bonchev–Trinajstić information content (AvgIpc) is 2.38. The van der Waals surface area contributed by atoms with Gasteiger partial charge < -0.3 is 5.73 Å². The molecular weight excluding hydrogens is 340 g/mol. The van der Waals surface area contributed by atoms with Crippen molar-refractivity contribution in [3.05, 3.63) is 34.3 Å². The van der Waals surface area contributed by atoms with Crippen molar-refractivity contribution in [2.24, 2.45) is 11.7 Å². The normalized spacial score (nSPS) is 22.6. The fourth-order valence-corrected chi connectivity index (χ4v) is 4.11. The predicted octanol–water partition coefficient (Wildman–Crippen LogP) is 2.51. The van der Waals surface area contributed by atoms with Gasteiger partial charge in [-0.3, -0.25) is 0 Å². The van der Waals surface area contributed by atoms with E-state index in [-0.39, 0.29) is 6.04 Å². The summed E-state index contributed by atoms with van der Waals surface area (Å²) in [4.78, 5) is 0. The van der Waals surface area contributed by atoms with Crippen LogP contribution in [-0.2, 0) is 10.0 Å². The van der Waals surface area contributed by atoms with Crippen LogP contribution in [0.2, 0.25) is 0 Å². The number of nitrogens with zero attached hydrogens (tertiary/aromatic N) is 1. The van der Waals surface area contributed by atoms with Gasteiger partial charge in [-0.15, -0.1) is 0 Å². The quantitative estimate of drug-likeness (QED) is 0.896. The number of benzene rings is 1. The number of rotatable bonds is 4. The molecule has 1 fully saturated rings. The fourth-order valence-electron chi connectivity index (χ4n) is 2.75. The monoisotopic (exact) mass is 360 g/mol. The summed E-state index contributed by atoms with van der Waals surface area (Å²) in [5, 5.41) is 0. The summed E-state index contributed by atoms with van der Waals surface area (Å²) >= 11 is 3.45. The third kappa shape index (κ3) is 4.28. The third-order valence-electron chi connectivity index (χ3n) is 3.81. The summed E-state index contributed by atoms with van der Waals surface area (Å²) in [5.41, 5.74) is 7.35. The lowest BCUT2D eigenvalue weighted by molar-refractivity contribution is 0.247. The maximum Gasteiger partial charge on any atom is 0.211 e. The molecule has 6 heteroatoms. The molecule has 2 N–H and O–H groups in total. The van der Waals surface area contributed by atoms with E-state index in [0.29, 0.717) is 19.0 Å². The predicted molar refractivity (Wildman–Crippen MR) is 84.8 cm³/mol. The van der Waals surface area contributed by atoms with Crippen molar-refractivity contribution in [3.8, 4) is 0 Å². The van der Waals surface area contributed by atoms with Crippen LogP contribution in [0, 0.1) is 5.92 Å². The zero-order valence-corrected chi connectivity index (χ0v) is 14.0. The lowest BCUT2D eigenvalue weighted by Crippen LogP contribution is -2.40. The smallest absolute Gasteiger partial charge is 0.211 e. The lowest BCUT2D eigenvalue weighted by Gasteiger charge is -2.32. The second kappa shape index (κ2) is 6.56. The Labute approximate surface area is 129 Å². The number of piperidine rings is 1. The average molecular weight is 361 g/mol. The molecule has 2 rings (SSSR count). The van der Waals surface area contributed by atoms with Gasteiger partial charge in [0.1, 0.15) is 0 Å². The molecule has 0 aromatic heterocycles. The topological polar surface area (TPSA) is 63.4 Å². The van der Waals surface area contributed by atoms with Crippen LogP contribution < -0.4 is 5.73 Å². The third-order valence-corrected chi connectivity index (χ3v) is 5.58. The molecule has 20 heavy (non-hydrogen) atoms. The highest BCUT2D eigenvalue weighted by molar-refractivity contribution is 9.10. The van der Waals surface area contributed by atoms with Crippen molar-refractivity contribution in [2.75, 3.05) is 19.3 Å². The summed E-state index contributed by atoms with van der Waals surface area (Å²) in [7, 11) is -3.08. The van der Waals surface area contributed by atoms with Gasteiger partial charge in [0.05, 0.1) is 6.26 Å². The zero-order valence-electron chi connectivity index (χ0n) is 11.6. The van der Waals surface area contributed by atoms with Crippen LogP contribution in [0.3, 0.4) is 0 Å². The molecule has 112 valence electrons. The van der Waals surface area contributed by atoms with Crippen molar-refractivity contribution in [1.82, 2.24) is 4.31 Å². The number of nitrogens with two attached hydrogens (primary N) is 1. The van der Waals surface area contributed by atoms with Crippen LogP contribution in [0.15, 0.2) is 28.7 Å². The van der Waals surface area contributed by atoms with Gasteiger partial charge in [0, 0.05) is 23.6 Å². The highest BCUT2D eigenvalue weighted by Gasteiger charge is 2.27. The van der Waals surface area contributed by atoms with Gasteiger partial charge in [-0.05, 0) is 42.9 Å². The van der Waals surface area contributed by atoms with E-state index in [1.54, 1.807) is 4.31 Å². The molecule has 0 aliphatic carbocycles. The van der Waals surface area contributed by atoms with Crippen LogP contribution in [0.1, 0.15) is 30.9 Å². The van der Waals surface area contributed by atoms with Crippen LogP contribution >= 0.6 is 15.9 Å². The van der Waals surface area contributed by atoms with E-state index in [2.05, 4.69) is 15.9 Å². The van der Waals surface area contributed by atoms with E-state index in [1.165, 1.54) is 6.26 Å². The van der Waals surface area contributed by atoms with E-state index in [0.717, 1.165) is 29.3 Å². The maximum atomic E-state index is 11.6. The summed E-state index contributed by atoms with van der Waals surface area (Å²) in [6.07, 6.45) is 4.07. The van der Waals surface area contributed by atoms with Crippen LogP contribution in [0.4, 0.5) is 0 Å². The molecule has 1 aromatic rings. The Balaban J connectivity index is 1.99. The first-order chi connectivity index (χ1) is 9.36. The SMILES string of the molecule is CS(=O)(=O)N1CCCC(CC(N)c2cccc(Br)c2)C1. The second-order valence-electron chi connectivity index (χ2n) is 5.53.